The number of rotatable bonds is 8. The number of piperazine rings is 1. The van der Waals surface area contributed by atoms with Crippen molar-refractivity contribution < 1.29 is 24.0 Å². The highest BCUT2D eigenvalue weighted by atomic mass is 16.6. The van der Waals surface area contributed by atoms with Crippen molar-refractivity contribution >= 4 is 29.1 Å². The predicted molar refractivity (Wildman–Crippen MR) is 139 cm³/mol. The molecule has 0 aliphatic carbocycles. The number of non-ortho nitro benzene ring substituents is 1. The maximum absolute atomic E-state index is 12.7. The molecule has 3 aromatic rings. The van der Waals surface area contributed by atoms with Crippen LogP contribution >= 0.6 is 0 Å². The number of carbonyl (C=O) groups is 2. The summed E-state index contributed by atoms with van der Waals surface area (Å²) in [7, 11) is 0. The zero-order chi connectivity index (χ0) is 26.2. The number of ether oxygens (including phenoxy) is 2. The molecule has 10 nitrogen and oxygen atoms in total. The molecule has 1 saturated heterocycles. The average molecular weight is 505 g/mol. The van der Waals surface area contributed by atoms with Crippen LogP contribution in [0.25, 0.3) is 0 Å². The monoisotopic (exact) mass is 504 g/mol. The van der Waals surface area contributed by atoms with Crippen LogP contribution < -0.4 is 15.0 Å². The number of amides is 1. The van der Waals surface area contributed by atoms with Crippen LogP contribution in [0.2, 0.25) is 0 Å². The van der Waals surface area contributed by atoms with E-state index in [0.29, 0.717) is 25.4 Å². The van der Waals surface area contributed by atoms with Crippen molar-refractivity contribution in [2.45, 2.75) is 13.0 Å². The number of nitrogens with one attached hydrogen (secondary N) is 1. The standard InChI is InChI=1S/C27H28N4O6/c1-2-36-26(32)25(20-6-4-3-5-7-20)30-18-16-29(17-19-30)22-10-8-21(9-11-22)28-27(33)37-24-14-12-23(13-15-24)31(34)35/h3-15,25H,2,16-19H2,1H3,(H,28,33)/t25-/m1/s1. The summed E-state index contributed by atoms with van der Waals surface area (Å²) in [6.45, 7) is 5.00. The summed E-state index contributed by atoms with van der Waals surface area (Å²) in [6, 6.07) is 21.9. The van der Waals surface area contributed by atoms with Crippen molar-refractivity contribution in [2.75, 3.05) is 43.0 Å². The van der Waals surface area contributed by atoms with Gasteiger partial charge in [-0.25, -0.2) is 9.59 Å². The van der Waals surface area contributed by atoms with Gasteiger partial charge in [0.1, 0.15) is 11.8 Å². The maximum atomic E-state index is 12.7. The van der Waals surface area contributed by atoms with Crippen molar-refractivity contribution in [3.63, 3.8) is 0 Å². The molecule has 0 aromatic heterocycles. The average Bonchev–Trinajstić information content (AvgIpc) is 2.91. The Bertz CT molecular complexity index is 1210. The Morgan fingerprint density at radius 2 is 1.59 bits per heavy atom. The number of nitro groups is 1. The number of benzene rings is 3. The summed E-state index contributed by atoms with van der Waals surface area (Å²) in [5.41, 5.74) is 2.40. The van der Waals surface area contributed by atoms with E-state index in [1.165, 1.54) is 24.3 Å². The molecule has 3 aromatic carbocycles. The van der Waals surface area contributed by atoms with E-state index >= 15 is 0 Å². The lowest BCUT2D eigenvalue weighted by Gasteiger charge is -2.39. The van der Waals surface area contributed by atoms with Crippen molar-refractivity contribution in [2.24, 2.45) is 0 Å². The number of nitro benzene ring substituents is 1. The molecule has 0 bridgehead atoms. The van der Waals surface area contributed by atoms with E-state index in [-0.39, 0.29) is 17.4 Å². The quantitative estimate of drug-likeness (QED) is 0.268. The Morgan fingerprint density at radius 1 is 0.946 bits per heavy atom. The molecular weight excluding hydrogens is 476 g/mol. The van der Waals surface area contributed by atoms with Gasteiger partial charge in [0.2, 0.25) is 0 Å². The zero-order valence-corrected chi connectivity index (χ0v) is 20.4. The van der Waals surface area contributed by atoms with Gasteiger partial charge in [-0.1, -0.05) is 30.3 Å². The molecule has 0 radical (unpaired) electrons. The number of carbonyl (C=O) groups excluding carboxylic acids is 2. The van der Waals surface area contributed by atoms with Gasteiger partial charge in [0.05, 0.1) is 11.5 Å². The molecule has 1 aliphatic rings. The number of nitrogens with zero attached hydrogens (tertiary/aromatic N) is 3. The minimum atomic E-state index is -0.693. The Kier molecular flexibility index (Phi) is 8.32. The molecule has 0 saturated carbocycles. The van der Waals surface area contributed by atoms with Crippen molar-refractivity contribution in [3.8, 4) is 5.75 Å². The fourth-order valence-electron chi connectivity index (χ4n) is 4.23. The lowest BCUT2D eigenvalue weighted by atomic mass is 10.0. The van der Waals surface area contributed by atoms with Crippen LogP contribution in [-0.4, -0.2) is 54.7 Å². The predicted octanol–water partition coefficient (Wildman–Crippen LogP) is 4.63. The lowest BCUT2D eigenvalue weighted by molar-refractivity contribution is -0.384. The van der Waals surface area contributed by atoms with Crippen molar-refractivity contribution in [1.29, 1.82) is 0 Å². The molecular formula is C27H28N4O6. The lowest BCUT2D eigenvalue weighted by Crippen LogP contribution is -2.49. The van der Waals surface area contributed by atoms with Crippen LogP contribution in [0.1, 0.15) is 18.5 Å². The summed E-state index contributed by atoms with van der Waals surface area (Å²) in [5, 5.41) is 13.4. The molecule has 0 spiro atoms. The summed E-state index contributed by atoms with van der Waals surface area (Å²) in [4.78, 5) is 39.5. The van der Waals surface area contributed by atoms with Gasteiger partial charge in [0.25, 0.3) is 5.69 Å². The third kappa shape index (κ3) is 6.62. The number of hydrogen-bond acceptors (Lipinski definition) is 8. The second kappa shape index (κ2) is 12.0. The highest BCUT2D eigenvalue weighted by Gasteiger charge is 2.31. The van der Waals surface area contributed by atoms with Gasteiger partial charge in [-0.05, 0) is 48.9 Å². The normalized spacial score (nSPS) is 14.5. The van der Waals surface area contributed by atoms with Gasteiger partial charge in [0, 0.05) is 49.7 Å². The molecule has 37 heavy (non-hydrogen) atoms. The molecule has 1 amide bonds. The van der Waals surface area contributed by atoms with E-state index in [4.69, 9.17) is 9.47 Å². The van der Waals surface area contributed by atoms with Crippen LogP contribution in [-0.2, 0) is 9.53 Å². The number of esters is 1. The smallest absolute Gasteiger partial charge is 0.417 e. The second-order valence-corrected chi connectivity index (χ2v) is 8.40. The minimum Gasteiger partial charge on any atom is -0.465 e. The first kappa shape index (κ1) is 25.6. The van der Waals surface area contributed by atoms with Crippen molar-refractivity contribution in [3.05, 3.63) is 94.5 Å². The van der Waals surface area contributed by atoms with Crippen LogP contribution in [0.4, 0.5) is 21.9 Å². The fraction of sp³-hybridized carbons (Fsp3) is 0.259. The largest absolute Gasteiger partial charge is 0.465 e. The molecule has 192 valence electrons. The van der Waals surface area contributed by atoms with Crippen LogP contribution in [0.5, 0.6) is 5.75 Å². The van der Waals surface area contributed by atoms with Gasteiger partial charge in [-0.15, -0.1) is 0 Å². The highest BCUT2D eigenvalue weighted by molar-refractivity contribution is 5.86. The van der Waals surface area contributed by atoms with Gasteiger partial charge < -0.3 is 14.4 Å². The first-order chi connectivity index (χ1) is 17.9. The summed E-state index contributed by atoms with van der Waals surface area (Å²) in [6.07, 6.45) is -0.693. The number of hydrogen-bond donors (Lipinski definition) is 1. The molecule has 1 fully saturated rings. The third-order valence-electron chi connectivity index (χ3n) is 6.04. The Hall–Kier alpha value is -4.44. The summed E-state index contributed by atoms with van der Waals surface area (Å²) < 4.78 is 10.5. The summed E-state index contributed by atoms with van der Waals surface area (Å²) >= 11 is 0. The topological polar surface area (TPSA) is 114 Å². The Balaban J connectivity index is 1.32. The van der Waals surface area contributed by atoms with E-state index in [9.17, 15) is 19.7 Å². The summed E-state index contributed by atoms with van der Waals surface area (Å²) in [5.74, 6) is -0.0348. The molecule has 1 aliphatic heterocycles. The van der Waals surface area contributed by atoms with Crippen LogP contribution in [0.15, 0.2) is 78.9 Å². The van der Waals surface area contributed by atoms with Crippen LogP contribution in [0, 0.1) is 10.1 Å². The fourth-order valence-corrected chi connectivity index (χ4v) is 4.23. The van der Waals surface area contributed by atoms with Crippen molar-refractivity contribution in [1.82, 2.24) is 4.90 Å². The van der Waals surface area contributed by atoms with E-state index in [0.717, 1.165) is 24.3 Å². The molecule has 0 unspecified atom stereocenters. The minimum absolute atomic E-state index is 0.0827. The van der Waals surface area contributed by atoms with E-state index in [1.54, 1.807) is 12.1 Å². The maximum Gasteiger partial charge on any atom is 0.417 e. The zero-order valence-electron chi connectivity index (χ0n) is 20.4. The van der Waals surface area contributed by atoms with Gasteiger partial charge in [-0.2, -0.15) is 0 Å². The van der Waals surface area contributed by atoms with Crippen LogP contribution in [0.3, 0.4) is 0 Å². The molecule has 4 rings (SSSR count). The Morgan fingerprint density at radius 3 is 2.19 bits per heavy atom. The van der Waals surface area contributed by atoms with Gasteiger partial charge in [0.15, 0.2) is 0 Å². The van der Waals surface area contributed by atoms with E-state index < -0.39 is 17.1 Å². The molecule has 1 atom stereocenters. The molecule has 10 heteroatoms. The molecule has 1 heterocycles. The third-order valence-corrected chi connectivity index (χ3v) is 6.04. The highest BCUT2D eigenvalue weighted by Crippen LogP contribution is 2.26. The van der Waals surface area contributed by atoms with E-state index in [2.05, 4.69) is 15.1 Å². The SMILES string of the molecule is CCOC(=O)[C@@H](c1ccccc1)N1CCN(c2ccc(NC(=O)Oc3ccc([N+](=O)[O-])cc3)cc2)CC1. The number of anilines is 2. The first-order valence-corrected chi connectivity index (χ1v) is 12.0. The second-order valence-electron chi connectivity index (χ2n) is 8.40. The van der Waals surface area contributed by atoms with E-state index in [1.807, 2.05) is 49.4 Å². The molecule has 1 N–H and O–H groups in total. The Labute approximate surface area is 214 Å². The first-order valence-electron chi connectivity index (χ1n) is 12.0. The van der Waals surface area contributed by atoms with Gasteiger partial charge in [-0.3, -0.25) is 20.3 Å². The van der Waals surface area contributed by atoms with Gasteiger partial charge >= 0.3 is 12.1 Å².